The van der Waals surface area contributed by atoms with Gasteiger partial charge in [0.15, 0.2) is 0 Å². The van der Waals surface area contributed by atoms with Gasteiger partial charge in [0.05, 0.1) is 6.61 Å². The predicted octanol–water partition coefficient (Wildman–Crippen LogP) is 1.20. The number of aromatic nitrogens is 1. The fourth-order valence-electron chi connectivity index (χ4n) is 0.713. The van der Waals surface area contributed by atoms with Crippen LogP contribution in [0.25, 0.3) is 0 Å². The van der Waals surface area contributed by atoms with Gasteiger partial charge in [-0.1, -0.05) is 0 Å². The van der Waals surface area contributed by atoms with E-state index in [0.717, 1.165) is 12.3 Å². The average molecular weight is 407 g/mol. The summed E-state index contributed by atoms with van der Waals surface area (Å²) in [4.78, 5) is 3.29. The van der Waals surface area contributed by atoms with Crippen molar-refractivity contribution in [1.29, 1.82) is 0 Å². The van der Waals surface area contributed by atoms with Crippen LogP contribution in [0.1, 0.15) is 5.56 Å². The van der Waals surface area contributed by atoms with Crippen molar-refractivity contribution in [3.05, 3.63) is 23.9 Å². The van der Waals surface area contributed by atoms with E-state index in [0.29, 0.717) is 5.56 Å². The largest absolute Gasteiger partial charge is 0.534 e. The Morgan fingerprint density at radius 3 is 1.71 bits per heavy atom. The molecule has 0 aliphatic carbocycles. The first-order valence-electron chi connectivity index (χ1n) is 5.11. The number of aliphatic hydroxyl groups excluding tert-OH is 1. The van der Waals surface area contributed by atoms with Gasteiger partial charge in [-0.25, -0.2) is 4.98 Å². The summed E-state index contributed by atoms with van der Waals surface area (Å²) in [7, 11) is -11.5. The van der Waals surface area contributed by atoms with E-state index in [2.05, 4.69) is 9.17 Å². The third kappa shape index (κ3) is 6.85. The van der Waals surface area contributed by atoms with Crippen LogP contribution in [0, 0.1) is 0 Å². The highest BCUT2D eigenvalue weighted by molar-refractivity contribution is 7.88. The van der Waals surface area contributed by atoms with Gasteiger partial charge in [0.1, 0.15) is 0 Å². The molecule has 8 nitrogen and oxygen atoms in total. The lowest BCUT2D eigenvalue weighted by molar-refractivity contribution is -0.0512. The Balaban J connectivity index is 0.000000561. The van der Waals surface area contributed by atoms with Gasteiger partial charge in [0.25, 0.3) is 0 Å². The van der Waals surface area contributed by atoms with Crippen molar-refractivity contribution in [2.45, 2.75) is 17.6 Å². The molecule has 0 bridgehead atoms. The van der Waals surface area contributed by atoms with E-state index in [-0.39, 0.29) is 6.61 Å². The average Bonchev–Trinajstić information content (AvgIpc) is 2.36. The van der Waals surface area contributed by atoms with Crippen LogP contribution in [0.4, 0.5) is 26.3 Å². The highest BCUT2D eigenvalue weighted by Gasteiger charge is 2.48. The van der Waals surface area contributed by atoms with Gasteiger partial charge in [-0.15, -0.1) is 0 Å². The number of hydrogen-bond donors (Lipinski definition) is 2. The summed E-state index contributed by atoms with van der Waals surface area (Å²) in [6, 6.07) is 2.10. The first-order valence-corrected chi connectivity index (χ1v) is 7.96. The number of nitrogens with zero attached hydrogens (tertiary/aromatic N) is 1. The van der Waals surface area contributed by atoms with Crippen LogP contribution in [0.15, 0.2) is 18.3 Å². The maximum Gasteiger partial charge on any atom is 0.534 e. The second-order valence-corrected chi connectivity index (χ2v) is 6.52. The van der Waals surface area contributed by atoms with Gasteiger partial charge in [-0.3, -0.25) is 4.55 Å². The van der Waals surface area contributed by atoms with E-state index in [1.165, 1.54) is 6.07 Å². The topological polar surface area (TPSA) is 131 Å². The van der Waals surface area contributed by atoms with Crippen LogP contribution >= 0.6 is 0 Å². The molecule has 0 unspecified atom stereocenters. The number of aliphatic hydroxyl groups is 1. The molecule has 0 radical (unpaired) electrons. The fraction of sp³-hybridized carbons (Fsp3) is 0.375. The van der Waals surface area contributed by atoms with Gasteiger partial charge in [-0.2, -0.15) is 43.2 Å². The van der Waals surface area contributed by atoms with Gasteiger partial charge in [0.2, 0.25) is 5.88 Å². The highest BCUT2D eigenvalue weighted by atomic mass is 32.2. The molecule has 1 heterocycles. The van der Waals surface area contributed by atoms with E-state index in [1.54, 1.807) is 0 Å². The predicted molar refractivity (Wildman–Crippen MR) is 63.4 cm³/mol. The minimum atomic E-state index is -5.84. The maximum absolute atomic E-state index is 11.9. The molecule has 0 aromatic carbocycles. The molecular formula is C8H7F6NO7S2. The summed E-state index contributed by atoms with van der Waals surface area (Å²) in [5.74, 6) is -0.713. The molecule has 0 saturated heterocycles. The zero-order valence-electron chi connectivity index (χ0n) is 10.9. The Labute approximate surface area is 130 Å². The second-order valence-electron chi connectivity index (χ2n) is 3.57. The quantitative estimate of drug-likeness (QED) is 0.331. The van der Waals surface area contributed by atoms with Crippen molar-refractivity contribution in [3.8, 4) is 5.88 Å². The molecule has 0 aliphatic heterocycles. The van der Waals surface area contributed by atoms with Gasteiger partial charge in [0, 0.05) is 12.3 Å². The minimum absolute atomic E-state index is 0.316. The lowest BCUT2D eigenvalue weighted by atomic mass is 10.3. The van der Waals surface area contributed by atoms with Crippen LogP contribution in [0.2, 0.25) is 0 Å². The Bertz CT molecular complexity index is 739. The summed E-state index contributed by atoms with van der Waals surface area (Å²) >= 11 is 0. The number of rotatable bonds is 3. The summed E-state index contributed by atoms with van der Waals surface area (Å²) < 4.78 is 118. The summed E-state index contributed by atoms with van der Waals surface area (Å²) in [6.45, 7) is -0.362. The SMILES string of the molecule is O=S(=O)(O)C(F)(F)F.O=S(=O)(Oc1ccc(CO)cn1)C(F)(F)F. The van der Waals surface area contributed by atoms with Crippen molar-refractivity contribution in [1.82, 2.24) is 4.98 Å². The minimum Gasteiger partial charge on any atom is -0.392 e. The van der Waals surface area contributed by atoms with Crippen LogP contribution in [-0.2, 0) is 26.8 Å². The maximum atomic E-state index is 11.9. The number of alkyl halides is 6. The lowest BCUT2D eigenvalue weighted by Gasteiger charge is -2.08. The molecule has 140 valence electrons. The van der Waals surface area contributed by atoms with Crippen molar-refractivity contribution in [2.75, 3.05) is 0 Å². The molecule has 2 N–H and O–H groups in total. The van der Waals surface area contributed by atoms with Crippen molar-refractivity contribution < 1.29 is 57.0 Å². The van der Waals surface area contributed by atoms with E-state index in [1.807, 2.05) is 0 Å². The van der Waals surface area contributed by atoms with E-state index >= 15 is 0 Å². The second kappa shape index (κ2) is 7.49. The standard InChI is InChI=1S/C7H6F3NO4S.CHF3O3S/c8-7(9,10)16(13,14)15-6-2-1-5(4-12)3-11-6;2-1(3,4)8(5,6)7/h1-3,12H,4H2;(H,5,6,7). The van der Waals surface area contributed by atoms with Crippen LogP contribution in [0.5, 0.6) is 5.88 Å². The molecule has 16 heteroatoms. The molecule has 0 amide bonds. The molecule has 24 heavy (non-hydrogen) atoms. The van der Waals surface area contributed by atoms with Gasteiger partial charge >= 0.3 is 31.3 Å². The summed E-state index contributed by atoms with van der Waals surface area (Å²) in [5, 5.41) is 8.61. The van der Waals surface area contributed by atoms with E-state index < -0.39 is 37.1 Å². The zero-order valence-corrected chi connectivity index (χ0v) is 12.5. The Morgan fingerprint density at radius 1 is 1.00 bits per heavy atom. The van der Waals surface area contributed by atoms with Gasteiger partial charge < -0.3 is 9.29 Å². The molecule has 1 aromatic rings. The lowest BCUT2D eigenvalue weighted by Crippen LogP contribution is -2.28. The normalized spacial score (nSPS) is 13.0. The first-order chi connectivity index (χ1) is 10.5. The van der Waals surface area contributed by atoms with E-state index in [9.17, 15) is 34.8 Å². The summed E-state index contributed by atoms with van der Waals surface area (Å²) in [6.07, 6.45) is 1.00. The number of hydrogen-bond acceptors (Lipinski definition) is 7. The molecule has 1 aromatic heterocycles. The van der Waals surface area contributed by atoms with Crippen LogP contribution < -0.4 is 4.18 Å². The fourth-order valence-corrected chi connectivity index (χ4v) is 1.13. The monoisotopic (exact) mass is 407 g/mol. The third-order valence-electron chi connectivity index (χ3n) is 1.75. The molecule has 1 rings (SSSR count). The Kier molecular flexibility index (Phi) is 6.98. The summed E-state index contributed by atoms with van der Waals surface area (Å²) in [5.41, 5.74) is -10.7. The molecule has 0 fully saturated rings. The smallest absolute Gasteiger partial charge is 0.392 e. The third-order valence-corrected chi connectivity index (χ3v) is 3.29. The molecule has 0 spiro atoms. The van der Waals surface area contributed by atoms with Crippen LogP contribution in [0.3, 0.4) is 0 Å². The molecular weight excluding hydrogens is 400 g/mol. The number of pyridine rings is 1. The Hall–Kier alpha value is -1.65. The van der Waals surface area contributed by atoms with Crippen molar-refractivity contribution in [3.63, 3.8) is 0 Å². The molecule has 0 saturated carbocycles. The van der Waals surface area contributed by atoms with Gasteiger partial charge in [-0.05, 0) is 11.6 Å². The van der Waals surface area contributed by atoms with E-state index in [4.69, 9.17) is 18.1 Å². The van der Waals surface area contributed by atoms with Crippen molar-refractivity contribution in [2.24, 2.45) is 0 Å². The molecule has 0 aliphatic rings. The van der Waals surface area contributed by atoms with Crippen LogP contribution in [-0.4, -0.2) is 42.5 Å². The highest BCUT2D eigenvalue weighted by Crippen LogP contribution is 2.25. The number of halogens is 6. The van der Waals surface area contributed by atoms with Crippen molar-refractivity contribution >= 4 is 20.2 Å². The molecule has 0 atom stereocenters. The Morgan fingerprint density at radius 2 is 1.46 bits per heavy atom. The first kappa shape index (κ1) is 22.4. The zero-order chi connectivity index (χ0) is 19.4.